The Balaban J connectivity index is 0.000000623. The van der Waals surface area contributed by atoms with Gasteiger partial charge < -0.3 is 0 Å². The average Bonchev–Trinajstić information content (AvgIpc) is 3.44. The van der Waals surface area contributed by atoms with Crippen LogP contribution in [0.25, 0.3) is 34.4 Å². The average molecular weight is 690 g/mol. The first-order valence-electron chi connectivity index (χ1n) is 14.5. The molecule has 0 saturated heterocycles. The van der Waals surface area contributed by atoms with Crippen molar-refractivity contribution in [3.63, 3.8) is 0 Å². The molecule has 41 heavy (non-hydrogen) atoms. The molecule has 0 bridgehead atoms. The molecule has 2 aliphatic rings. The monoisotopic (exact) mass is 687 g/mol. The summed E-state index contributed by atoms with van der Waals surface area (Å²) in [6, 6.07) is 36.1. The maximum atomic E-state index is 5.43. The number of fused-ring (bicyclic) bond motifs is 2. The van der Waals surface area contributed by atoms with Gasteiger partial charge in [0, 0.05) is 0 Å². The first-order chi connectivity index (χ1) is 19.5. The Labute approximate surface area is 265 Å². The topological polar surface area (TPSA) is 0 Å². The van der Waals surface area contributed by atoms with Crippen LogP contribution < -0.4 is 0 Å². The number of rotatable bonds is 5. The van der Waals surface area contributed by atoms with Crippen LogP contribution >= 0.6 is 22.2 Å². The minimum Gasteiger partial charge on any atom is -0.146 e. The van der Waals surface area contributed by atoms with Crippen molar-refractivity contribution in [1.29, 1.82) is 0 Å². The van der Waals surface area contributed by atoms with Gasteiger partial charge in [0.25, 0.3) is 0 Å². The summed E-state index contributed by atoms with van der Waals surface area (Å²) in [5, 5.41) is 0. The summed E-state index contributed by atoms with van der Waals surface area (Å²) in [5.74, 6) is -0.850. The largest absolute Gasteiger partial charge is 0.245 e. The van der Waals surface area contributed by atoms with Crippen molar-refractivity contribution in [2.75, 3.05) is 0 Å². The van der Waals surface area contributed by atoms with E-state index in [9.17, 15) is 0 Å². The first-order valence-corrected chi connectivity index (χ1v) is 29.5. The van der Waals surface area contributed by atoms with E-state index in [-0.39, 0.29) is 0 Å². The van der Waals surface area contributed by atoms with Crippen molar-refractivity contribution in [3.05, 3.63) is 130 Å². The van der Waals surface area contributed by atoms with Gasteiger partial charge in [0.2, 0.25) is 6.69 Å². The van der Waals surface area contributed by atoms with E-state index in [1.54, 1.807) is 22.3 Å². The van der Waals surface area contributed by atoms with Crippen molar-refractivity contribution >= 4 is 46.9 Å². The number of halogens is 2. The first kappa shape index (κ1) is 30.7. The molecule has 5 heteroatoms. The van der Waals surface area contributed by atoms with E-state index in [1.807, 2.05) is 13.1 Å². The standard InChI is InChI=1S/2C16H13.C2H6Cl2Si.C2H7Si.Zr/c2*1-12-10-14-8-5-9-15(16(14)11-12)13-6-3-2-4-7-13;1-5(2,3)4;1-3-2;/h2*2-11H,1H3;1-2H3;3H,1-2H3;. The number of hydrogen-bond donors (Lipinski definition) is 0. The van der Waals surface area contributed by atoms with Gasteiger partial charge in [0.05, 0.1) is 0 Å². The molecule has 4 aromatic rings. The third kappa shape index (κ3) is 6.76. The van der Waals surface area contributed by atoms with Gasteiger partial charge in [0.1, 0.15) is 0 Å². The van der Waals surface area contributed by atoms with E-state index in [0.29, 0.717) is 7.25 Å². The van der Waals surface area contributed by atoms with Gasteiger partial charge >= 0.3 is 226 Å². The summed E-state index contributed by atoms with van der Waals surface area (Å²) in [4.78, 5) is 0. The van der Waals surface area contributed by atoms with Crippen LogP contribution in [0.2, 0.25) is 26.2 Å². The summed E-state index contributed by atoms with van der Waals surface area (Å²) in [6.07, 6.45) is 5.07. The molecule has 0 amide bonds. The molecule has 0 radical (unpaired) electrons. The maximum absolute atomic E-state index is 5.43. The summed E-state index contributed by atoms with van der Waals surface area (Å²) in [7, 11) is 0. The molecule has 0 fully saturated rings. The predicted octanol–water partition coefficient (Wildman–Crippen LogP) is 11.4. The Kier molecular flexibility index (Phi) is 9.63. The van der Waals surface area contributed by atoms with E-state index in [0.717, 1.165) is 0 Å². The quantitative estimate of drug-likeness (QED) is 0.145. The molecule has 0 aromatic heterocycles. The molecule has 0 nitrogen and oxygen atoms in total. The Hall–Kier alpha value is -1.74. The van der Waals surface area contributed by atoms with Crippen LogP contribution in [-0.2, 0) is 20.9 Å². The second-order valence-corrected chi connectivity index (χ2v) is 40.9. The summed E-state index contributed by atoms with van der Waals surface area (Å²) >= 11 is 8.86. The van der Waals surface area contributed by atoms with Crippen molar-refractivity contribution in [2.45, 2.75) is 47.3 Å². The Bertz CT molecular complexity index is 1470. The fourth-order valence-corrected chi connectivity index (χ4v) is 29.8. The minimum absolute atomic E-state index is 0.678. The van der Waals surface area contributed by atoms with Gasteiger partial charge in [-0.3, -0.25) is 0 Å². The number of allylic oxidation sites excluding steroid dienone is 2. The van der Waals surface area contributed by atoms with Crippen molar-refractivity contribution in [1.82, 2.24) is 0 Å². The fraction of sp³-hybridized carbons (Fsp3) is 0.222. The Morgan fingerprint density at radius 2 is 0.951 bits per heavy atom. The molecule has 2 aliphatic carbocycles. The maximum Gasteiger partial charge on any atom is 0.245 e. The molecule has 0 aliphatic heterocycles. The zero-order valence-corrected chi connectivity index (χ0v) is 31.0. The van der Waals surface area contributed by atoms with Crippen molar-refractivity contribution in [3.8, 4) is 22.3 Å². The third-order valence-electron chi connectivity index (χ3n) is 8.06. The molecule has 0 heterocycles. The zero-order chi connectivity index (χ0) is 29.3. The van der Waals surface area contributed by atoms with Crippen LogP contribution in [0, 0.1) is 0 Å². The van der Waals surface area contributed by atoms with Gasteiger partial charge in [-0.15, -0.1) is 22.2 Å². The van der Waals surface area contributed by atoms with E-state index < -0.39 is 33.5 Å². The normalized spacial score (nSPS) is 17.3. The van der Waals surface area contributed by atoms with Crippen LogP contribution in [0.15, 0.2) is 108 Å². The molecule has 6 rings (SSSR count). The SMILES string of the molecule is CC1=Cc2c(-c3ccccc3)cccc2[CH]1[Zr]([CH]1C(C)=Cc2c(-c3ccccc3)cccc21)[SiH](C)C.C[Si](C)(Cl)Cl. The molecule has 2 unspecified atom stereocenters. The third-order valence-corrected chi connectivity index (χ3v) is 30.2. The van der Waals surface area contributed by atoms with E-state index in [1.165, 1.54) is 33.4 Å². The van der Waals surface area contributed by atoms with Crippen LogP contribution in [0.1, 0.15) is 43.4 Å². The zero-order valence-electron chi connectivity index (χ0n) is 24.9. The van der Waals surface area contributed by atoms with Crippen LogP contribution in [0.4, 0.5) is 0 Å². The molecule has 2 atom stereocenters. The Morgan fingerprint density at radius 3 is 1.29 bits per heavy atom. The van der Waals surface area contributed by atoms with Gasteiger partial charge in [0.15, 0.2) is 0 Å². The number of hydrogen-bond acceptors (Lipinski definition) is 0. The molecule has 209 valence electrons. The summed E-state index contributed by atoms with van der Waals surface area (Å²) in [5.41, 5.74) is 14.9. The van der Waals surface area contributed by atoms with Gasteiger partial charge in [-0.25, -0.2) is 0 Å². The molecular formula is C36H39Cl2Si2Zr. The summed E-state index contributed by atoms with van der Waals surface area (Å²) in [6.45, 7) is 12.2. The molecule has 0 spiro atoms. The smallest absolute Gasteiger partial charge is 0.146 e. The predicted molar refractivity (Wildman–Crippen MR) is 185 cm³/mol. The molecule has 0 saturated carbocycles. The Morgan fingerprint density at radius 1 is 0.585 bits per heavy atom. The van der Waals surface area contributed by atoms with Gasteiger partial charge in [-0.2, -0.15) is 0 Å². The summed E-state index contributed by atoms with van der Waals surface area (Å²) < 4.78 is 1.36. The van der Waals surface area contributed by atoms with E-state index in [4.69, 9.17) is 22.2 Å². The second-order valence-electron chi connectivity index (χ2n) is 12.0. The van der Waals surface area contributed by atoms with Crippen molar-refractivity contribution < 1.29 is 20.9 Å². The van der Waals surface area contributed by atoms with Crippen LogP contribution in [-0.4, -0.2) is 12.6 Å². The molecular weight excluding hydrogens is 651 g/mol. The van der Waals surface area contributed by atoms with Crippen LogP contribution in [0.5, 0.6) is 0 Å². The van der Waals surface area contributed by atoms with Crippen LogP contribution in [0.3, 0.4) is 0 Å². The van der Waals surface area contributed by atoms with Gasteiger partial charge in [-0.1, -0.05) is 0 Å². The number of benzene rings is 4. The second kappa shape index (κ2) is 12.9. The molecule has 0 N–H and O–H groups in total. The minimum atomic E-state index is -2.00. The van der Waals surface area contributed by atoms with E-state index >= 15 is 0 Å². The van der Waals surface area contributed by atoms with E-state index in [2.05, 4.69) is 136 Å². The molecule has 4 aromatic carbocycles. The van der Waals surface area contributed by atoms with Crippen molar-refractivity contribution in [2.24, 2.45) is 0 Å². The fourth-order valence-electron chi connectivity index (χ4n) is 6.56. The van der Waals surface area contributed by atoms with Gasteiger partial charge in [-0.05, 0) is 13.1 Å².